The number of para-hydroxylation sites is 2. The number of aromatic nitrogens is 2. The van der Waals surface area contributed by atoms with Crippen LogP contribution in [0.5, 0.6) is 0 Å². The van der Waals surface area contributed by atoms with Crippen LogP contribution >= 0.6 is 11.3 Å². The third kappa shape index (κ3) is 3.37. The second-order valence-corrected chi connectivity index (χ2v) is 11.9. The second-order valence-electron chi connectivity index (χ2n) is 10.9. The van der Waals surface area contributed by atoms with E-state index in [1.165, 1.54) is 20.2 Å². The highest BCUT2D eigenvalue weighted by Gasteiger charge is 2.26. The topological polar surface area (TPSA) is 102 Å². The van der Waals surface area contributed by atoms with Gasteiger partial charge in [0.2, 0.25) is 0 Å². The van der Waals surface area contributed by atoms with Crippen LogP contribution in [0.3, 0.4) is 0 Å². The minimum Gasteiger partial charge on any atom is -0.455 e. The van der Waals surface area contributed by atoms with Gasteiger partial charge in [-0.3, -0.25) is 4.57 Å². The third-order valence-electron chi connectivity index (χ3n) is 8.59. The second kappa shape index (κ2) is 9.27. The Morgan fingerprint density at radius 3 is 2.13 bits per heavy atom. The van der Waals surface area contributed by atoms with Crippen molar-refractivity contribution < 1.29 is 4.42 Å². The molecule has 0 fully saturated rings. The van der Waals surface area contributed by atoms with Crippen LogP contribution in [0.15, 0.2) is 108 Å². The molecule has 0 saturated carbocycles. The fourth-order valence-corrected chi connectivity index (χ4v) is 7.80. The molecule has 0 N–H and O–H groups in total. The lowest BCUT2D eigenvalue weighted by Gasteiger charge is -2.12. The molecular weight excluding hydrogens is 575 g/mol. The zero-order chi connectivity index (χ0) is 30.2. The summed E-state index contributed by atoms with van der Waals surface area (Å²) in [6.45, 7) is 0. The standard InChI is InChI=1S/C38H17N5OS/c39-17-27-28(18-40)37-24-9-2-5-11-32(24)44-38(37)29(19-41)36(27)21-13-14-35(42-20-21)43-30-10-4-1-7-22(30)25-16-34-26(15-31(25)43)23-8-3-6-12-33(23)45-34/h1-16,20H. The van der Waals surface area contributed by atoms with E-state index in [1.807, 2.05) is 42.5 Å². The lowest BCUT2D eigenvalue weighted by Crippen LogP contribution is -2.00. The van der Waals surface area contributed by atoms with Crippen LogP contribution in [0, 0.1) is 34.0 Å². The van der Waals surface area contributed by atoms with Gasteiger partial charge in [-0.05, 0) is 42.5 Å². The predicted octanol–water partition coefficient (Wildman–Crippen LogP) is 9.73. The monoisotopic (exact) mass is 591 g/mol. The number of nitriles is 3. The zero-order valence-electron chi connectivity index (χ0n) is 23.4. The molecule has 0 bridgehead atoms. The van der Waals surface area contributed by atoms with Crippen LogP contribution in [0.25, 0.3) is 80.9 Å². The van der Waals surface area contributed by atoms with Gasteiger partial charge in [0.25, 0.3) is 0 Å². The molecular formula is C38H17N5OS. The first-order valence-electron chi connectivity index (χ1n) is 14.2. The largest absolute Gasteiger partial charge is 0.455 e. The Balaban J connectivity index is 1.30. The molecule has 0 radical (unpaired) electrons. The number of pyridine rings is 1. The molecule has 7 heteroatoms. The van der Waals surface area contributed by atoms with E-state index >= 15 is 0 Å². The van der Waals surface area contributed by atoms with Crippen molar-refractivity contribution in [2.24, 2.45) is 0 Å². The molecule has 0 spiro atoms. The molecule has 0 aliphatic carbocycles. The minimum atomic E-state index is 0.131. The normalized spacial score (nSPS) is 11.5. The van der Waals surface area contributed by atoms with Gasteiger partial charge < -0.3 is 4.42 Å². The Morgan fingerprint density at radius 2 is 1.36 bits per heavy atom. The highest BCUT2D eigenvalue weighted by molar-refractivity contribution is 7.25. The van der Waals surface area contributed by atoms with Gasteiger partial charge in [0.05, 0.1) is 22.2 Å². The van der Waals surface area contributed by atoms with E-state index in [-0.39, 0.29) is 16.7 Å². The zero-order valence-corrected chi connectivity index (χ0v) is 24.2. The van der Waals surface area contributed by atoms with Crippen LogP contribution in [0.2, 0.25) is 0 Å². The molecule has 0 aliphatic rings. The summed E-state index contributed by atoms with van der Waals surface area (Å²) in [5.41, 5.74) is 4.33. The van der Waals surface area contributed by atoms with Crippen LogP contribution in [-0.2, 0) is 0 Å². The molecule has 0 unspecified atom stereocenters. The number of furan rings is 1. The Morgan fingerprint density at radius 1 is 0.622 bits per heavy atom. The number of nitrogens with zero attached hydrogens (tertiary/aromatic N) is 5. The lowest BCUT2D eigenvalue weighted by atomic mass is 9.89. The van der Waals surface area contributed by atoms with Crippen molar-refractivity contribution in [1.29, 1.82) is 15.8 Å². The first-order chi connectivity index (χ1) is 22.2. The summed E-state index contributed by atoms with van der Waals surface area (Å²) in [5.74, 6) is 0.700. The Bertz CT molecular complexity index is 2850. The molecule has 4 heterocycles. The summed E-state index contributed by atoms with van der Waals surface area (Å²) in [7, 11) is 0. The fourth-order valence-electron chi connectivity index (χ4n) is 6.68. The molecule has 5 aromatic carbocycles. The van der Waals surface area contributed by atoms with Crippen LogP contribution in [0.4, 0.5) is 0 Å². The van der Waals surface area contributed by atoms with E-state index in [0.29, 0.717) is 38.9 Å². The van der Waals surface area contributed by atoms with Gasteiger partial charge in [-0.2, -0.15) is 15.8 Å². The van der Waals surface area contributed by atoms with Crippen molar-refractivity contribution in [3.63, 3.8) is 0 Å². The Kier molecular flexibility index (Phi) is 5.16. The summed E-state index contributed by atoms with van der Waals surface area (Å²) >= 11 is 1.79. The maximum Gasteiger partial charge on any atom is 0.155 e. The highest BCUT2D eigenvalue weighted by atomic mass is 32.1. The van der Waals surface area contributed by atoms with E-state index in [9.17, 15) is 15.8 Å². The summed E-state index contributed by atoms with van der Waals surface area (Å²) in [5, 5.41) is 36.7. The fraction of sp³-hybridized carbons (Fsp3) is 0. The quantitative estimate of drug-likeness (QED) is 0.199. The first-order valence-corrected chi connectivity index (χ1v) is 15.0. The molecule has 6 nitrogen and oxygen atoms in total. The average molecular weight is 592 g/mol. The van der Waals surface area contributed by atoms with Crippen LogP contribution in [0.1, 0.15) is 16.7 Å². The SMILES string of the molecule is N#Cc1c(-c2ccc(-n3c4ccccc4c4cc5sc6ccccc6c5cc43)nc2)c(C#N)c2oc3ccccc3c2c1C#N. The van der Waals surface area contributed by atoms with Gasteiger partial charge in [-0.15, -0.1) is 11.3 Å². The van der Waals surface area contributed by atoms with Crippen molar-refractivity contribution in [3.8, 4) is 35.2 Å². The van der Waals surface area contributed by atoms with Crippen molar-refractivity contribution in [2.75, 3.05) is 0 Å². The molecule has 45 heavy (non-hydrogen) atoms. The Labute approximate surface area is 259 Å². The summed E-state index contributed by atoms with van der Waals surface area (Å²) in [6.07, 6.45) is 1.67. The molecule has 0 atom stereocenters. The highest BCUT2D eigenvalue weighted by Crippen LogP contribution is 2.43. The number of hydrogen-bond donors (Lipinski definition) is 0. The van der Waals surface area contributed by atoms with E-state index in [1.54, 1.807) is 23.6 Å². The number of benzene rings is 5. The van der Waals surface area contributed by atoms with E-state index in [2.05, 4.69) is 71.3 Å². The van der Waals surface area contributed by atoms with E-state index in [4.69, 9.17) is 9.40 Å². The number of hydrogen-bond acceptors (Lipinski definition) is 6. The number of rotatable bonds is 2. The third-order valence-corrected chi connectivity index (χ3v) is 9.73. The average Bonchev–Trinajstić information content (AvgIpc) is 3.75. The molecule has 9 rings (SSSR count). The van der Waals surface area contributed by atoms with Crippen molar-refractivity contribution in [2.45, 2.75) is 0 Å². The van der Waals surface area contributed by atoms with Crippen LogP contribution in [-0.4, -0.2) is 9.55 Å². The summed E-state index contributed by atoms with van der Waals surface area (Å²) < 4.78 is 10.7. The van der Waals surface area contributed by atoms with E-state index < -0.39 is 0 Å². The van der Waals surface area contributed by atoms with Crippen molar-refractivity contribution >= 4 is 75.3 Å². The van der Waals surface area contributed by atoms with E-state index in [0.717, 1.165) is 21.8 Å². The summed E-state index contributed by atoms with van der Waals surface area (Å²) in [4.78, 5) is 4.89. The first kappa shape index (κ1) is 25.1. The van der Waals surface area contributed by atoms with Gasteiger partial charge in [0.15, 0.2) is 5.58 Å². The van der Waals surface area contributed by atoms with Gasteiger partial charge in [-0.1, -0.05) is 54.6 Å². The molecule has 0 aliphatic heterocycles. The number of thiophene rings is 1. The molecule has 206 valence electrons. The molecule has 9 aromatic rings. The predicted molar refractivity (Wildman–Crippen MR) is 178 cm³/mol. The minimum absolute atomic E-state index is 0.131. The smallest absolute Gasteiger partial charge is 0.155 e. The molecule has 0 saturated heterocycles. The van der Waals surface area contributed by atoms with Gasteiger partial charge >= 0.3 is 0 Å². The van der Waals surface area contributed by atoms with Crippen molar-refractivity contribution in [1.82, 2.24) is 9.55 Å². The maximum atomic E-state index is 10.3. The van der Waals surface area contributed by atoms with Gasteiger partial charge in [0, 0.05) is 59.0 Å². The van der Waals surface area contributed by atoms with Crippen molar-refractivity contribution in [3.05, 3.63) is 120 Å². The number of fused-ring (bicyclic) bond motifs is 9. The molecule has 4 aromatic heterocycles. The van der Waals surface area contributed by atoms with Gasteiger partial charge in [0.1, 0.15) is 35.2 Å². The summed E-state index contributed by atoms with van der Waals surface area (Å²) in [6, 6.07) is 39.0. The van der Waals surface area contributed by atoms with Gasteiger partial charge in [-0.25, -0.2) is 4.98 Å². The molecule has 0 amide bonds. The Hall–Kier alpha value is -6.46. The maximum absolute atomic E-state index is 10.3. The lowest BCUT2D eigenvalue weighted by molar-refractivity contribution is 0.667. The van der Waals surface area contributed by atoms with Crippen LogP contribution < -0.4 is 0 Å².